The van der Waals surface area contributed by atoms with Gasteiger partial charge in [0.1, 0.15) is 22.2 Å². The molecule has 3 aromatic rings. The van der Waals surface area contributed by atoms with Crippen LogP contribution in [0.15, 0.2) is 58.5 Å². The summed E-state index contributed by atoms with van der Waals surface area (Å²) in [6.45, 7) is 3.69. The molecule has 0 bridgehead atoms. The van der Waals surface area contributed by atoms with Crippen molar-refractivity contribution in [2.45, 2.75) is 13.8 Å². The van der Waals surface area contributed by atoms with Crippen LogP contribution in [0.1, 0.15) is 28.6 Å². The maximum atomic E-state index is 12.6. The predicted molar refractivity (Wildman–Crippen MR) is 128 cm³/mol. The Morgan fingerprint density at radius 3 is 2.33 bits per heavy atom. The molecule has 168 valence electrons. The van der Waals surface area contributed by atoms with Crippen LogP contribution in [0.25, 0.3) is 6.08 Å². The summed E-state index contributed by atoms with van der Waals surface area (Å²) in [4.78, 5) is 25.1. The molecule has 7 nitrogen and oxygen atoms in total. The molecule has 0 fully saturated rings. The maximum absolute atomic E-state index is 12.6. The lowest BCUT2D eigenvalue weighted by atomic mass is 10.2. The van der Waals surface area contributed by atoms with E-state index >= 15 is 0 Å². The highest BCUT2D eigenvalue weighted by Gasteiger charge is 2.26. The number of aryl methyl sites for hydroxylation is 1. The summed E-state index contributed by atoms with van der Waals surface area (Å²) in [6.07, 6.45) is 1.17. The molecule has 1 heterocycles. The molecule has 0 unspecified atom stereocenters. The first-order valence-electron chi connectivity index (χ1n) is 9.84. The first-order valence-corrected chi connectivity index (χ1v) is 10.6. The third kappa shape index (κ3) is 5.95. The summed E-state index contributed by atoms with van der Waals surface area (Å²) in [7, 11) is 0. The number of nitrogens with zero attached hydrogens (tertiary/aromatic N) is 1. The monoisotopic (exact) mass is 483 g/mol. The van der Waals surface area contributed by atoms with Crippen molar-refractivity contribution in [2.24, 2.45) is 0 Å². The van der Waals surface area contributed by atoms with E-state index < -0.39 is 11.9 Å². The number of anilines is 3. The van der Waals surface area contributed by atoms with E-state index in [0.717, 1.165) is 5.56 Å². The average molecular weight is 484 g/mol. The average Bonchev–Trinajstić information content (AvgIpc) is 3.09. The molecule has 0 radical (unpaired) electrons. The Hall–Kier alpha value is -3.73. The van der Waals surface area contributed by atoms with Gasteiger partial charge in [-0.3, -0.25) is 4.79 Å². The van der Waals surface area contributed by atoms with Crippen molar-refractivity contribution in [3.05, 3.63) is 81.0 Å². The van der Waals surface area contributed by atoms with Crippen molar-refractivity contribution in [3.63, 3.8) is 0 Å². The summed E-state index contributed by atoms with van der Waals surface area (Å²) >= 11 is 12.3. The fourth-order valence-corrected chi connectivity index (χ4v) is 3.16. The van der Waals surface area contributed by atoms with Crippen LogP contribution >= 0.6 is 23.2 Å². The third-order valence-corrected chi connectivity index (χ3v) is 5.03. The van der Waals surface area contributed by atoms with Crippen molar-refractivity contribution in [1.29, 1.82) is 5.26 Å². The summed E-state index contributed by atoms with van der Waals surface area (Å²) in [5.41, 5.74) is 1.80. The van der Waals surface area contributed by atoms with E-state index in [2.05, 4.69) is 10.6 Å². The highest BCUT2D eigenvalue weighted by Crippen LogP contribution is 2.36. The number of furan rings is 1. The minimum Gasteiger partial charge on any atom is -0.462 e. The molecule has 0 saturated carbocycles. The Bertz CT molecular complexity index is 1240. The highest BCUT2D eigenvalue weighted by molar-refractivity contribution is 6.36. The van der Waals surface area contributed by atoms with Crippen LogP contribution < -0.4 is 10.6 Å². The maximum Gasteiger partial charge on any atom is 0.345 e. The third-order valence-electron chi connectivity index (χ3n) is 4.41. The second-order valence-electron chi connectivity index (χ2n) is 6.83. The van der Waals surface area contributed by atoms with Gasteiger partial charge in [0.05, 0.1) is 6.61 Å². The Kier molecular flexibility index (Phi) is 7.78. The van der Waals surface area contributed by atoms with Gasteiger partial charge in [-0.1, -0.05) is 40.9 Å². The first-order chi connectivity index (χ1) is 15.8. The first kappa shape index (κ1) is 23.9. The van der Waals surface area contributed by atoms with Gasteiger partial charge in [-0.05, 0) is 50.2 Å². The van der Waals surface area contributed by atoms with Crippen molar-refractivity contribution in [1.82, 2.24) is 0 Å². The van der Waals surface area contributed by atoms with Crippen LogP contribution in [-0.4, -0.2) is 18.5 Å². The van der Waals surface area contributed by atoms with Gasteiger partial charge in [-0.25, -0.2) is 4.79 Å². The molecule has 1 aromatic heterocycles. The predicted octanol–water partition coefficient (Wildman–Crippen LogP) is 6.36. The van der Waals surface area contributed by atoms with Gasteiger partial charge in [-0.15, -0.1) is 0 Å². The van der Waals surface area contributed by atoms with Crippen molar-refractivity contribution >= 4 is 58.4 Å². The number of amides is 1. The number of hydrogen-bond acceptors (Lipinski definition) is 6. The molecule has 0 aliphatic carbocycles. The molecule has 0 saturated heterocycles. The quantitative estimate of drug-likeness (QED) is 0.230. The van der Waals surface area contributed by atoms with Crippen molar-refractivity contribution < 1.29 is 18.7 Å². The standard InChI is InChI=1S/C24H19Cl2N3O4/c1-3-32-24(31)20-21(26)19(33-23(20)29-18-10-6-16(25)7-11-18)12-15(13-27)22(30)28-17-8-4-14(2)5-9-17/h4-12,29H,3H2,1-2H3,(H,28,30)/b15-12+. The number of ether oxygens (including phenoxy) is 1. The molecule has 1 amide bonds. The molecule has 9 heteroatoms. The summed E-state index contributed by atoms with van der Waals surface area (Å²) < 4.78 is 10.8. The number of carbonyl (C=O) groups is 2. The number of nitriles is 1. The van der Waals surface area contributed by atoms with Gasteiger partial charge in [0.2, 0.25) is 5.88 Å². The van der Waals surface area contributed by atoms with Crippen molar-refractivity contribution in [3.8, 4) is 6.07 Å². The van der Waals surface area contributed by atoms with E-state index in [9.17, 15) is 14.9 Å². The van der Waals surface area contributed by atoms with E-state index in [-0.39, 0.29) is 34.4 Å². The minimum absolute atomic E-state index is 0.00301. The smallest absolute Gasteiger partial charge is 0.345 e. The number of carbonyl (C=O) groups excluding carboxylic acids is 2. The summed E-state index contributed by atoms with van der Waals surface area (Å²) in [5, 5.41) is 15.5. The highest BCUT2D eigenvalue weighted by atomic mass is 35.5. The molecule has 0 aliphatic heterocycles. The van der Waals surface area contributed by atoms with Crippen LogP contribution in [0.4, 0.5) is 17.3 Å². The van der Waals surface area contributed by atoms with E-state index in [1.54, 1.807) is 43.3 Å². The van der Waals surface area contributed by atoms with Crippen LogP contribution in [0, 0.1) is 18.3 Å². The minimum atomic E-state index is -0.718. The molecule has 33 heavy (non-hydrogen) atoms. The largest absolute Gasteiger partial charge is 0.462 e. The van der Waals surface area contributed by atoms with E-state index in [4.69, 9.17) is 32.4 Å². The zero-order valence-electron chi connectivity index (χ0n) is 17.7. The summed E-state index contributed by atoms with van der Waals surface area (Å²) in [5.74, 6) is -1.42. The zero-order chi connectivity index (χ0) is 24.0. The Labute approximate surface area is 200 Å². The van der Waals surface area contributed by atoms with Gasteiger partial charge in [-0.2, -0.15) is 5.26 Å². The normalized spacial score (nSPS) is 10.9. The Balaban J connectivity index is 1.96. The molecule has 3 rings (SSSR count). The zero-order valence-corrected chi connectivity index (χ0v) is 19.3. The van der Waals surface area contributed by atoms with E-state index in [0.29, 0.717) is 16.4 Å². The van der Waals surface area contributed by atoms with E-state index in [1.165, 1.54) is 6.08 Å². The van der Waals surface area contributed by atoms with Crippen molar-refractivity contribution in [2.75, 3.05) is 17.2 Å². The molecule has 2 N–H and O–H groups in total. The topological polar surface area (TPSA) is 104 Å². The number of benzene rings is 2. The van der Waals surface area contributed by atoms with Gasteiger partial charge < -0.3 is 19.8 Å². The van der Waals surface area contributed by atoms with Crippen LogP contribution in [0.2, 0.25) is 10.0 Å². The fraction of sp³-hybridized carbons (Fsp3) is 0.125. The number of rotatable bonds is 7. The van der Waals surface area contributed by atoms with Gasteiger partial charge in [0.15, 0.2) is 5.76 Å². The molecule has 2 aromatic carbocycles. The second-order valence-corrected chi connectivity index (χ2v) is 7.64. The Morgan fingerprint density at radius 2 is 1.73 bits per heavy atom. The number of nitrogens with one attached hydrogen (secondary N) is 2. The molecule has 0 spiro atoms. The van der Waals surface area contributed by atoms with E-state index in [1.807, 2.05) is 25.1 Å². The lowest BCUT2D eigenvalue weighted by Gasteiger charge is -2.06. The lowest BCUT2D eigenvalue weighted by Crippen LogP contribution is -2.13. The fourth-order valence-electron chi connectivity index (χ4n) is 2.77. The molecule has 0 aliphatic rings. The van der Waals surface area contributed by atoms with Gasteiger partial charge in [0, 0.05) is 22.5 Å². The number of hydrogen-bond donors (Lipinski definition) is 2. The SMILES string of the molecule is CCOC(=O)c1c(Nc2ccc(Cl)cc2)oc(/C=C(\C#N)C(=O)Nc2ccc(C)cc2)c1Cl. The van der Waals surface area contributed by atoms with Gasteiger partial charge in [0.25, 0.3) is 5.91 Å². The summed E-state index contributed by atoms with van der Waals surface area (Å²) in [6, 6.07) is 15.6. The molecular weight excluding hydrogens is 465 g/mol. The molecular formula is C24H19Cl2N3O4. The van der Waals surface area contributed by atoms with Crippen LogP contribution in [-0.2, 0) is 9.53 Å². The Morgan fingerprint density at radius 1 is 1.09 bits per heavy atom. The van der Waals surface area contributed by atoms with Gasteiger partial charge >= 0.3 is 5.97 Å². The number of esters is 1. The van der Waals surface area contributed by atoms with Crippen LogP contribution in [0.3, 0.4) is 0 Å². The second kappa shape index (κ2) is 10.7. The molecule has 0 atom stereocenters. The number of halogens is 2. The van der Waals surface area contributed by atoms with Crippen LogP contribution in [0.5, 0.6) is 0 Å². The lowest BCUT2D eigenvalue weighted by molar-refractivity contribution is -0.112.